The van der Waals surface area contributed by atoms with Crippen LogP contribution in [0.2, 0.25) is 0 Å². The molecule has 4 bridgehead atoms. The Morgan fingerprint density at radius 2 is 1.67 bits per heavy atom. The third-order valence-corrected chi connectivity index (χ3v) is 6.39. The largest absolute Gasteiger partial charge is 0.368 e. The van der Waals surface area contributed by atoms with Crippen LogP contribution >= 0.6 is 0 Å². The summed E-state index contributed by atoms with van der Waals surface area (Å²) in [6.07, 6.45) is 6.76. The van der Waals surface area contributed by atoms with Crippen LogP contribution in [-0.4, -0.2) is 30.1 Å². The summed E-state index contributed by atoms with van der Waals surface area (Å²) >= 11 is 0. The quantitative estimate of drug-likeness (QED) is 0.813. The van der Waals surface area contributed by atoms with Crippen LogP contribution in [0.25, 0.3) is 0 Å². The van der Waals surface area contributed by atoms with Crippen LogP contribution in [0.5, 0.6) is 0 Å². The van der Waals surface area contributed by atoms with Gasteiger partial charge in [0.1, 0.15) is 11.6 Å². The van der Waals surface area contributed by atoms with Crippen molar-refractivity contribution in [1.29, 1.82) is 0 Å². The highest BCUT2D eigenvalue weighted by molar-refractivity contribution is 5.93. The van der Waals surface area contributed by atoms with Gasteiger partial charge in [-0.2, -0.15) is 0 Å². The molecular weight excluding hydrogens is 268 g/mol. The number of nitrogens with one attached hydrogen (secondary N) is 1. The summed E-state index contributed by atoms with van der Waals surface area (Å²) in [5.74, 6) is 1.48. The lowest BCUT2D eigenvalue weighted by molar-refractivity contribution is -0.153. The highest BCUT2D eigenvalue weighted by Gasteiger charge is 2.61. The molecule has 0 aromatic carbocycles. The predicted molar refractivity (Wildman–Crippen MR) is 76.1 cm³/mol. The third kappa shape index (κ3) is 1.93. The maximum Gasteiger partial charge on any atom is 0.250 e. The van der Waals surface area contributed by atoms with Crippen LogP contribution in [0.4, 0.5) is 0 Å². The van der Waals surface area contributed by atoms with Crippen LogP contribution in [-0.2, 0) is 14.3 Å². The second-order valence-corrected chi connectivity index (χ2v) is 7.53. The Morgan fingerprint density at radius 3 is 2.14 bits per heavy atom. The van der Waals surface area contributed by atoms with Gasteiger partial charge >= 0.3 is 0 Å². The summed E-state index contributed by atoms with van der Waals surface area (Å²) in [5, 5.41) is 3.08. The lowest BCUT2D eigenvalue weighted by atomic mass is 9.48. The summed E-state index contributed by atoms with van der Waals surface area (Å²) in [4.78, 5) is 24.8. The van der Waals surface area contributed by atoms with Crippen molar-refractivity contribution in [2.24, 2.45) is 29.4 Å². The lowest BCUT2D eigenvalue weighted by Crippen LogP contribution is -2.72. The molecule has 1 heterocycles. The first-order chi connectivity index (χ1) is 10.1. The highest BCUT2D eigenvalue weighted by Crippen LogP contribution is 2.58. The van der Waals surface area contributed by atoms with Crippen LogP contribution < -0.4 is 11.1 Å². The number of carbonyl (C=O) groups excluding carboxylic acids is 2. The number of nitrogens with two attached hydrogens (primary N) is 1. The average Bonchev–Trinajstić information content (AvgIpc) is 2.95. The van der Waals surface area contributed by atoms with E-state index in [0.717, 1.165) is 50.4 Å². The Balaban J connectivity index is 1.61. The molecule has 4 aliphatic carbocycles. The summed E-state index contributed by atoms with van der Waals surface area (Å²) in [6.45, 7) is 0.638. The Bertz CT molecular complexity index is 442. The molecule has 116 valence electrons. The molecular formula is C16H24N2O3. The van der Waals surface area contributed by atoms with Gasteiger partial charge in [-0.1, -0.05) is 0 Å². The minimum absolute atomic E-state index is 0.126. The maximum absolute atomic E-state index is 12.5. The highest BCUT2D eigenvalue weighted by atomic mass is 16.5. The van der Waals surface area contributed by atoms with Crippen molar-refractivity contribution >= 4 is 11.8 Å². The molecule has 21 heavy (non-hydrogen) atoms. The van der Waals surface area contributed by atoms with Gasteiger partial charge in [-0.05, 0) is 68.6 Å². The molecule has 0 spiro atoms. The molecule has 1 aliphatic heterocycles. The number of hydrogen-bond acceptors (Lipinski definition) is 3. The van der Waals surface area contributed by atoms with Crippen molar-refractivity contribution in [1.82, 2.24) is 5.32 Å². The SMILES string of the molecule is NC(=O)C1(NC(=O)[C@H]2CCCO2)C2CC3CC(C2)CC1C3. The molecule has 4 saturated carbocycles. The molecule has 0 unspecified atom stereocenters. The van der Waals surface area contributed by atoms with E-state index in [9.17, 15) is 9.59 Å². The monoisotopic (exact) mass is 292 g/mol. The Hall–Kier alpha value is -1.10. The smallest absolute Gasteiger partial charge is 0.250 e. The van der Waals surface area contributed by atoms with Gasteiger partial charge < -0.3 is 15.8 Å². The first-order valence-corrected chi connectivity index (χ1v) is 8.33. The fraction of sp³-hybridized carbons (Fsp3) is 0.875. The molecule has 2 amide bonds. The first kappa shape index (κ1) is 13.6. The molecule has 5 fully saturated rings. The summed E-state index contributed by atoms with van der Waals surface area (Å²) < 4.78 is 5.47. The lowest BCUT2D eigenvalue weighted by Gasteiger charge is -2.59. The van der Waals surface area contributed by atoms with E-state index in [1.165, 1.54) is 6.42 Å². The Kier molecular flexibility index (Phi) is 3.03. The number of amides is 2. The van der Waals surface area contributed by atoms with Gasteiger partial charge in [0.25, 0.3) is 0 Å². The molecule has 0 aromatic heterocycles. The molecule has 5 heteroatoms. The molecule has 0 aromatic rings. The molecule has 0 radical (unpaired) electrons. The molecule has 5 rings (SSSR count). The second kappa shape index (κ2) is 4.70. The van der Waals surface area contributed by atoms with Crippen molar-refractivity contribution in [2.45, 2.75) is 56.6 Å². The molecule has 5 nitrogen and oxygen atoms in total. The first-order valence-electron chi connectivity index (χ1n) is 8.33. The summed E-state index contributed by atoms with van der Waals surface area (Å²) in [7, 11) is 0. The van der Waals surface area contributed by atoms with Crippen LogP contribution in [0.3, 0.4) is 0 Å². The van der Waals surface area contributed by atoms with E-state index in [4.69, 9.17) is 10.5 Å². The number of hydrogen-bond donors (Lipinski definition) is 2. The Morgan fingerprint density at radius 1 is 1.05 bits per heavy atom. The molecule has 3 N–H and O–H groups in total. The zero-order chi connectivity index (χ0) is 14.6. The predicted octanol–water partition coefficient (Wildman–Crippen LogP) is 0.962. The van der Waals surface area contributed by atoms with E-state index in [0.29, 0.717) is 6.61 Å². The normalized spacial score (nSPS) is 47.5. The summed E-state index contributed by atoms with van der Waals surface area (Å²) in [5.41, 5.74) is 5.00. The average molecular weight is 292 g/mol. The van der Waals surface area contributed by atoms with Crippen molar-refractivity contribution in [3.05, 3.63) is 0 Å². The van der Waals surface area contributed by atoms with Crippen LogP contribution in [0, 0.1) is 23.7 Å². The van der Waals surface area contributed by atoms with Crippen molar-refractivity contribution in [2.75, 3.05) is 6.61 Å². The number of rotatable bonds is 3. The molecule has 1 saturated heterocycles. The van der Waals surface area contributed by atoms with Gasteiger partial charge in [-0.15, -0.1) is 0 Å². The van der Waals surface area contributed by atoms with Crippen molar-refractivity contribution in [3.8, 4) is 0 Å². The number of carbonyl (C=O) groups is 2. The second-order valence-electron chi connectivity index (χ2n) is 7.53. The van der Waals surface area contributed by atoms with E-state index in [-0.39, 0.29) is 23.7 Å². The third-order valence-electron chi connectivity index (χ3n) is 6.39. The van der Waals surface area contributed by atoms with Gasteiger partial charge in [0.15, 0.2) is 0 Å². The minimum Gasteiger partial charge on any atom is -0.368 e. The van der Waals surface area contributed by atoms with Crippen LogP contribution in [0.15, 0.2) is 0 Å². The Labute approximate surface area is 125 Å². The fourth-order valence-corrected chi connectivity index (χ4v) is 5.66. The van der Waals surface area contributed by atoms with Gasteiger partial charge in [-0.3, -0.25) is 9.59 Å². The standard InChI is InChI=1S/C16H24N2O3/c17-15(20)16(18-14(19)13-2-1-3-21-13)11-5-9-4-10(7-11)8-12(16)6-9/h9-13H,1-8H2,(H2,17,20)(H,18,19)/t9?,10?,11?,12?,13-,16?/m1/s1. The van der Waals surface area contributed by atoms with Gasteiger partial charge in [0, 0.05) is 6.61 Å². The fourth-order valence-electron chi connectivity index (χ4n) is 5.66. The summed E-state index contributed by atoms with van der Waals surface area (Å²) in [6, 6.07) is 0. The van der Waals surface area contributed by atoms with E-state index in [2.05, 4.69) is 5.32 Å². The van der Waals surface area contributed by atoms with E-state index in [1.807, 2.05) is 0 Å². The molecule has 5 aliphatic rings. The van der Waals surface area contributed by atoms with E-state index in [1.54, 1.807) is 0 Å². The van der Waals surface area contributed by atoms with Crippen LogP contribution in [0.1, 0.15) is 44.9 Å². The maximum atomic E-state index is 12.5. The van der Waals surface area contributed by atoms with Gasteiger partial charge in [0.2, 0.25) is 11.8 Å². The number of ether oxygens (including phenoxy) is 1. The minimum atomic E-state index is -0.809. The zero-order valence-corrected chi connectivity index (χ0v) is 12.3. The van der Waals surface area contributed by atoms with E-state index >= 15 is 0 Å². The van der Waals surface area contributed by atoms with Gasteiger partial charge in [0.05, 0.1) is 0 Å². The van der Waals surface area contributed by atoms with Gasteiger partial charge in [-0.25, -0.2) is 0 Å². The van der Waals surface area contributed by atoms with Crippen molar-refractivity contribution in [3.63, 3.8) is 0 Å². The topological polar surface area (TPSA) is 81.4 Å². The van der Waals surface area contributed by atoms with Crippen molar-refractivity contribution < 1.29 is 14.3 Å². The molecule has 1 atom stereocenters. The van der Waals surface area contributed by atoms with E-state index < -0.39 is 11.6 Å². The zero-order valence-electron chi connectivity index (χ0n) is 12.3. The number of primary amides is 1.